The van der Waals surface area contributed by atoms with Crippen LogP contribution in [0.4, 0.5) is 5.69 Å². The quantitative estimate of drug-likeness (QED) is 0.919. The summed E-state index contributed by atoms with van der Waals surface area (Å²) >= 11 is 0. The Labute approximate surface area is 132 Å². The number of fused-ring (bicyclic) bond motifs is 1. The Morgan fingerprint density at radius 2 is 1.95 bits per heavy atom. The molecule has 0 saturated heterocycles. The van der Waals surface area contributed by atoms with Crippen LogP contribution in [0.2, 0.25) is 0 Å². The summed E-state index contributed by atoms with van der Waals surface area (Å²) in [5.74, 6) is 0.974. The minimum absolute atomic E-state index is 0.220. The molecule has 0 radical (unpaired) electrons. The first-order valence-electron chi connectivity index (χ1n) is 8.05. The van der Waals surface area contributed by atoms with Crippen LogP contribution < -0.4 is 15.4 Å². The van der Waals surface area contributed by atoms with Crippen LogP contribution in [0.1, 0.15) is 24.5 Å². The summed E-state index contributed by atoms with van der Waals surface area (Å²) in [6.07, 6.45) is 2.48. The Kier molecular flexibility index (Phi) is 4.64. The number of benzene rings is 2. The van der Waals surface area contributed by atoms with Crippen LogP contribution >= 0.6 is 0 Å². The first-order chi connectivity index (χ1) is 10.8. The zero-order chi connectivity index (χ0) is 15.4. The second-order valence-corrected chi connectivity index (χ2v) is 5.97. The molecular formula is C19H24N2O. The van der Waals surface area contributed by atoms with Crippen LogP contribution in [0.15, 0.2) is 48.5 Å². The molecule has 0 bridgehead atoms. The molecule has 22 heavy (non-hydrogen) atoms. The second-order valence-electron chi connectivity index (χ2n) is 5.97. The van der Waals surface area contributed by atoms with E-state index in [4.69, 9.17) is 10.5 Å². The van der Waals surface area contributed by atoms with Crippen molar-refractivity contribution in [3.8, 4) is 5.75 Å². The summed E-state index contributed by atoms with van der Waals surface area (Å²) in [4.78, 5) is 2.44. The molecule has 0 aliphatic carbocycles. The molecule has 1 atom stereocenters. The first kappa shape index (κ1) is 14.9. The minimum Gasteiger partial charge on any atom is -0.487 e. The van der Waals surface area contributed by atoms with Crippen LogP contribution in [-0.2, 0) is 13.0 Å². The number of nitrogens with zero attached hydrogens (tertiary/aromatic N) is 1. The average molecular weight is 296 g/mol. The summed E-state index contributed by atoms with van der Waals surface area (Å²) in [6, 6.07) is 17.0. The highest BCUT2D eigenvalue weighted by Crippen LogP contribution is 2.34. The van der Waals surface area contributed by atoms with Gasteiger partial charge in [-0.25, -0.2) is 0 Å². The molecule has 2 N–H and O–H groups in total. The molecule has 0 fully saturated rings. The standard InChI is InChI=1S/C19H24N2O/c1-15-14-21(11-5-8-16-6-3-2-4-7-16)18-10-9-17(13-20)12-19(18)22-15/h2-4,6-7,9-10,12,15H,5,8,11,13-14,20H2,1H3. The lowest BCUT2D eigenvalue weighted by Crippen LogP contribution is -2.39. The van der Waals surface area contributed by atoms with Gasteiger partial charge in [-0.05, 0) is 43.0 Å². The third-order valence-electron chi connectivity index (χ3n) is 4.14. The van der Waals surface area contributed by atoms with E-state index >= 15 is 0 Å². The third-order valence-corrected chi connectivity index (χ3v) is 4.14. The second kappa shape index (κ2) is 6.84. The van der Waals surface area contributed by atoms with Crippen molar-refractivity contribution < 1.29 is 4.74 Å². The van der Waals surface area contributed by atoms with Gasteiger partial charge in [0.1, 0.15) is 11.9 Å². The van der Waals surface area contributed by atoms with Crippen molar-refractivity contribution in [2.45, 2.75) is 32.4 Å². The fourth-order valence-corrected chi connectivity index (χ4v) is 3.03. The number of nitrogens with two attached hydrogens (primary N) is 1. The van der Waals surface area contributed by atoms with E-state index in [1.54, 1.807) is 0 Å². The lowest BCUT2D eigenvalue weighted by atomic mass is 10.1. The fourth-order valence-electron chi connectivity index (χ4n) is 3.03. The molecule has 0 spiro atoms. The maximum Gasteiger partial charge on any atom is 0.143 e. The number of hydrogen-bond acceptors (Lipinski definition) is 3. The highest BCUT2D eigenvalue weighted by atomic mass is 16.5. The van der Waals surface area contributed by atoms with E-state index in [-0.39, 0.29) is 6.10 Å². The van der Waals surface area contributed by atoms with Crippen molar-refractivity contribution in [2.24, 2.45) is 5.73 Å². The Morgan fingerprint density at radius 3 is 2.73 bits per heavy atom. The Bertz CT molecular complexity index is 612. The Hall–Kier alpha value is -2.00. The van der Waals surface area contributed by atoms with E-state index in [1.807, 2.05) is 0 Å². The van der Waals surface area contributed by atoms with Crippen LogP contribution in [0.3, 0.4) is 0 Å². The van der Waals surface area contributed by atoms with Gasteiger partial charge in [-0.2, -0.15) is 0 Å². The smallest absolute Gasteiger partial charge is 0.143 e. The van der Waals surface area contributed by atoms with Crippen molar-refractivity contribution in [1.29, 1.82) is 0 Å². The highest BCUT2D eigenvalue weighted by molar-refractivity contribution is 5.61. The molecule has 0 saturated carbocycles. The SMILES string of the molecule is CC1CN(CCCc2ccccc2)c2ccc(CN)cc2O1. The van der Waals surface area contributed by atoms with Gasteiger partial charge in [0, 0.05) is 13.1 Å². The van der Waals surface area contributed by atoms with Crippen molar-refractivity contribution in [3.05, 3.63) is 59.7 Å². The van der Waals surface area contributed by atoms with Crippen molar-refractivity contribution in [2.75, 3.05) is 18.0 Å². The number of ether oxygens (including phenoxy) is 1. The van der Waals surface area contributed by atoms with Gasteiger partial charge in [0.05, 0.1) is 12.2 Å². The zero-order valence-corrected chi connectivity index (χ0v) is 13.2. The van der Waals surface area contributed by atoms with Gasteiger partial charge in [0.25, 0.3) is 0 Å². The molecule has 2 aromatic rings. The van der Waals surface area contributed by atoms with Gasteiger partial charge in [-0.3, -0.25) is 0 Å². The van der Waals surface area contributed by atoms with Gasteiger partial charge in [-0.1, -0.05) is 36.4 Å². The molecule has 3 rings (SSSR count). The monoisotopic (exact) mass is 296 g/mol. The van der Waals surface area contributed by atoms with Crippen LogP contribution in [0, 0.1) is 0 Å². The molecule has 0 aromatic heterocycles. The molecule has 1 unspecified atom stereocenters. The van der Waals surface area contributed by atoms with Crippen LogP contribution in [0.5, 0.6) is 5.75 Å². The molecule has 1 aliphatic rings. The summed E-state index contributed by atoms with van der Waals surface area (Å²) in [5, 5.41) is 0. The maximum absolute atomic E-state index is 5.97. The van der Waals surface area contributed by atoms with Crippen LogP contribution in [0.25, 0.3) is 0 Å². The topological polar surface area (TPSA) is 38.5 Å². The molecule has 0 amide bonds. The number of hydrogen-bond donors (Lipinski definition) is 1. The molecule has 1 aliphatic heterocycles. The molecule has 2 aromatic carbocycles. The fraction of sp³-hybridized carbons (Fsp3) is 0.368. The Morgan fingerprint density at radius 1 is 1.14 bits per heavy atom. The lowest BCUT2D eigenvalue weighted by molar-refractivity contribution is 0.212. The van der Waals surface area contributed by atoms with E-state index in [0.717, 1.165) is 37.2 Å². The highest BCUT2D eigenvalue weighted by Gasteiger charge is 2.22. The predicted molar refractivity (Wildman–Crippen MR) is 91.4 cm³/mol. The number of rotatable bonds is 5. The summed E-state index contributed by atoms with van der Waals surface area (Å²) in [7, 11) is 0. The minimum atomic E-state index is 0.220. The molecule has 3 heteroatoms. The van der Waals surface area contributed by atoms with Gasteiger partial charge in [0.2, 0.25) is 0 Å². The molecule has 3 nitrogen and oxygen atoms in total. The van der Waals surface area contributed by atoms with Crippen molar-refractivity contribution in [3.63, 3.8) is 0 Å². The van der Waals surface area contributed by atoms with Gasteiger partial charge < -0.3 is 15.4 Å². The van der Waals surface area contributed by atoms with E-state index in [0.29, 0.717) is 6.54 Å². The normalized spacial score (nSPS) is 17.0. The number of aryl methyl sites for hydroxylation is 1. The van der Waals surface area contributed by atoms with Gasteiger partial charge in [-0.15, -0.1) is 0 Å². The van der Waals surface area contributed by atoms with E-state index < -0.39 is 0 Å². The average Bonchev–Trinajstić information content (AvgIpc) is 2.55. The molecule has 116 valence electrons. The largest absolute Gasteiger partial charge is 0.487 e. The third kappa shape index (κ3) is 3.42. The summed E-state index contributed by atoms with van der Waals surface area (Å²) in [6.45, 7) is 4.68. The van der Waals surface area contributed by atoms with Gasteiger partial charge in [0.15, 0.2) is 0 Å². The predicted octanol–water partition coefficient (Wildman–Crippen LogP) is 3.37. The first-order valence-corrected chi connectivity index (χ1v) is 8.05. The molecule has 1 heterocycles. The van der Waals surface area contributed by atoms with E-state index in [2.05, 4.69) is 60.4 Å². The van der Waals surface area contributed by atoms with Crippen LogP contribution in [-0.4, -0.2) is 19.2 Å². The van der Waals surface area contributed by atoms with E-state index in [9.17, 15) is 0 Å². The van der Waals surface area contributed by atoms with E-state index in [1.165, 1.54) is 11.3 Å². The summed E-state index contributed by atoms with van der Waals surface area (Å²) < 4.78 is 5.97. The van der Waals surface area contributed by atoms with Crippen molar-refractivity contribution >= 4 is 5.69 Å². The Balaban J connectivity index is 1.67. The summed E-state index contributed by atoms with van der Waals surface area (Å²) in [5.41, 5.74) is 9.45. The maximum atomic E-state index is 5.97. The number of anilines is 1. The molecular weight excluding hydrogens is 272 g/mol. The van der Waals surface area contributed by atoms with Crippen molar-refractivity contribution in [1.82, 2.24) is 0 Å². The zero-order valence-electron chi connectivity index (χ0n) is 13.2. The lowest BCUT2D eigenvalue weighted by Gasteiger charge is -2.35. The van der Waals surface area contributed by atoms with Gasteiger partial charge >= 0.3 is 0 Å².